The molecule has 5 nitrogen and oxygen atoms in total. The van der Waals surface area contributed by atoms with Crippen molar-refractivity contribution in [2.45, 2.75) is 56.7 Å². The Balaban J connectivity index is 1.43. The summed E-state index contributed by atoms with van der Waals surface area (Å²) in [6.07, 6.45) is 5.81. The minimum atomic E-state index is 0.0494. The quantitative estimate of drug-likeness (QED) is 0.570. The first-order chi connectivity index (χ1) is 14.7. The van der Waals surface area contributed by atoms with Gasteiger partial charge in [-0.2, -0.15) is 0 Å². The van der Waals surface area contributed by atoms with Crippen LogP contribution in [0.4, 0.5) is 0 Å². The summed E-state index contributed by atoms with van der Waals surface area (Å²) in [5, 5.41) is 3.41. The number of benzene rings is 2. The van der Waals surface area contributed by atoms with Gasteiger partial charge in [0.1, 0.15) is 0 Å². The molecule has 4 rings (SSSR count). The van der Waals surface area contributed by atoms with Gasteiger partial charge in [-0.1, -0.05) is 60.7 Å². The second-order valence-electron chi connectivity index (χ2n) is 8.85. The van der Waals surface area contributed by atoms with E-state index in [0.29, 0.717) is 5.92 Å². The summed E-state index contributed by atoms with van der Waals surface area (Å²) in [5.74, 6) is 0.906. The SMILES string of the molecule is NCC1CCC(C(=O)N[C@@H](Cc2ccccc2)C2CC(c3ccccc3)NN2)CC1. The van der Waals surface area contributed by atoms with Gasteiger partial charge in [0.15, 0.2) is 0 Å². The Hall–Kier alpha value is -2.21. The third kappa shape index (κ3) is 5.28. The molecule has 30 heavy (non-hydrogen) atoms. The zero-order valence-corrected chi connectivity index (χ0v) is 17.6. The zero-order valence-electron chi connectivity index (χ0n) is 17.6. The van der Waals surface area contributed by atoms with Gasteiger partial charge in [-0.05, 0) is 62.1 Å². The van der Waals surface area contributed by atoms with Crippen LogP contribution < -0.4 is 21.9 Å². The number of nitrogens with one attached hydrogen (secondary N) is 3. The fraction of sp³-hybridized carbons (Fsp3) is 0.480. The van der Waals surface area contributed by atoms with Crippen molar-refractivity contribution in [1.29, 1.82) is 0 Å². The van der Waals surface area contributed by atoms with Crippen molar-refractivity contribution in [2.24, 2.45) is 17.6 Å². The van der Waals surface area contributed by atoms with Crippen LogP contribution in [0.1, 0.15) is 49.3 Å². The van der Waals surface area contributed by atoms with E-state index in [1.165, 1.54) is 11.1 Å². The van der Waals surface area contributed by atoms with Crippen molar-refractivity contribution in [3.63, 3.8) is 0 Å². The highest BCUT2D eigenvalue weighted by Crippen LogP contribution is 2.29. The lowest BCUT2D eigenvalue weighted by molar-refractivity contribution is -0.127. The number of rotatable bonds is 7. The van der Waals surface area contributed by atoms with Crippen molar-refractivity contribution in [2.75, 3.05) is 6.54 Å². The second-order valence-corrected chi connectivity index (χ2v) is 8.85. The molecule has 0 spiro atoms. The summed E-state index contributed by atoms with van der Waals surface area (Å²) >= 11 is 0. The van der Waals surface area contributed by atoms with E-state index in [1.54, 1.807) is 0 Å². The van der Waals surface area contributed by atoms with Crippen molar-refractivity contribution in [1.82, 2.24) is 16.2 Å². The van der Waals surface area contributed by atoms with Gasteiger partial charge in [-0.25, -0.2) is 5.43 Å². The number of hydrazine groups is 1. The maximum atomic E-state index is 13.1. The van der Waals surface area contributed by atoms with Crippen LogP contribution >= 0.6 is 0 Å². The highest BCUT2D eigenvalue weighted by molar-refractivity contribution is 5.79. The van der Waals surface area contributed by atoms with Crippen molar-refractivity contribution < 1.29 is 4.79 Å². The molecule has 0 bridgehead atoms. The number of hydrogen-bond donors (Lipinski definition) is 4. The fourth-order valence-corrected chi connectivity index (χ4v) is 4.87. The molecule has 0 radical (unpaired) electrons. The van der Waals surface area contributed by atoms with Gasteiger partial charge in [-0.15, -0.1) is 0 Å². The van der Waals surface area contributed by atoms with Crippen LogP contribution in [0.5, 0.6) is 0 Å². The number of carbonyl (C=O) groups is 1. The maximum absolute atomic E-state index is 13.1. The van der Waals surface area contributed by atoms with Gasteiger partial charge >= 0.3 is 0 Å². The molecule has 1 saturated heterocycles. The molecule has 1 aliphatic heterocycles. The summed E-state index contributed by atoms with van der Waals surface area (Å²) < 4.78 is 0. The number of hydrogen-bond acceptors (Lipinski definition) is 4. The summed E-state index contributed by atoms with van der Waals surface area (Å²) in [5.41, 5.74) is 15.3. The minimum absolute atomic E-state index is 0.0494. The summed E-state index contributed by atoms with van der Waals surface area (Å²) in [4.78, 5) is 13.1. The lowest BCUT2D eigenvalue weighted by Gasteiger charge is -2.30. The predicted octanol–water partition coefficient (Wildman–Crippen LogP) is 3.09. The van der Waals surface area contributed by atoms with Crippen LogP contribution in [0, 0.1) is 11.8 Å². The van der Waals surface area contributed by atoms with Crippen LogP contribution in [0.25, 0.3) is 0 Å². The average Bonchev–Trinajstić information content (AvgIpc) is 3.30. The third-order valence-electron chi connectivity index (χ3n) is 6.80. The molecule has 2 aromatic carbocycles. The van der Waals surface area contributed by atoms with Gasteiger partial charge in [0.2, 0.25) is 5.91 Å². The molecule has 1 amide bonds. The van der Waals surface area contributed by atoms with Crippen LogP contribution in [0.15, 0.2) is 60.7 Å². The van der Waals surface area contributed by atoms with Gasteiger partial charge in [-0.3, -0.25) is 10.2 Å². The Morgan fingerprint density at radius 3 is 2.30 bits per heavy atom. The Morgan fingerprint density at radius 1 is 0.967 bits per heavy atom. The Bertz CT molecular complexity index is 789. The maximum Gasteiger partial charge on any atom is 0.223 e. The van der Waals surface area contributed by atoms with Crippen LogP contribution in [-0.4, -0.2) is 24.5 Å². The molecule has 2 unspecified atom stereocenters. The molecule has 3 atom stereocenters. The molecule has 1 heterocycles. The summed E-state index contributed by atoms with van der Waals surface area (Å²) in [6, 6.07) is 21.4. The number of amides is 1. The Kier molecular flexibility index (Phi) is 7.16. The Morgan fingerprint density at radius 2 is 1.63 bits per heavy atom. The van der Waals surface area contributed by atoms with E-state index in [-0.39, 0.29) is 30.0 Å². The first kappa shape index (κ1) is 21.0. The highest BCUT2D eigenvalue weighted by atomic mass is 16.2. The van der Waals surface area contributed by atoms with Crippen molar-refractivity contribution in [3.05, 3.63) is 71.8 Å². The van der Waals surface area contributed by atoms with Crippen molar-refractivity contribution >= 4 is 5.91 Å². The minimum Gasteiger partial charge on any atom is -0.351 e. The monoisotopic (exact) mass is 406 g/mol. The third-order valence-corrected chi connectivity index (χ3v) is 6.80. The lowest BCUT2D eigenvalue weighted by Crippen LogP contribution is -2.52. The van der Waals surface area contributed by atoms with E-state index < -0.39 is 0 Å². The van der Waals surface area contributed by atoms with Gasteiger partial charge in [0, 0.05) is 24.0 Å². The van der Waals surface area contributed by atoms with E-state index in [4.69, 9.17) is 5.73 Å². The average molecular weight is 407 g/mol. The number of nitrogens with two attached hydrogens (primary N) is 1. The topological polar surface area (TPSA) is 79.2 Å². The molecule has 2 aromatic rings. The molecule has 5 heteroatoms. The molecular formula is C25H34N4O. The molecule has 160 valence electrons. The second kappa shape index (κ2) is 10.2. The Labute approximate surface area is 179 Å². The van der Waals surface area contributed by atoms with E-state index >= 15 is 0 Å². The first-order valence-electron chi connectivity index (χ1n) is 11.3. The largest absolute Gasteiger partial charge is 0.351 e. The summed E-state index contributed by atoms with van der Waals surface area (Å²) in [7, 11) is 0. The van der Waals surface area contributed by atoms with Crippen LogP contribution in [-0.2, 0) is 11.2 Å². The molecule has 2 fully saturated rings. The van der Waals surface area contributed by atoms with Gasteiger partial charge in [0.25, 0.3) is 0 Å². The van der Waals surface area contributed by atoms with E-state index in [0.717, 1.165) is 45.1 Å². The molecule has 1 saturated carbocycles. The smallest absolute Gasteiger partial charge is 0.223 e. The standard InChI is InChI=1S/C25H34N4O/c26-17-19-11-13-21(14-12-19)25(30)27-23(15-18-7-3-1-4-8-18)24-16-22(28-29-24)20-9-5-2-6-10-20/h1-10,19,21-24,28-29H,11-17,26H2,(H,27,30)/t19?,21?,22?,23-,24?/m0/s1. The normalized spacial score (nSPS) is 27.5. The summed E-state index contributed by atoms with van der Waals surface area (Å²) in [6.45, 7) is 0.740. The van der Waals surface area contributed by atoms with Gasteiger partial charge in [0.05, 0.1) is 0 Å². The van der Waals surface area contributed by atoms with Crippen molar-refractivity contribution in [3.8, 4) is 0 Å². The molecule has 5 N–H and O–H groups in total. The molecule has 2 aliphatic rings. The van der Waals surface area contributed by atoms with Crippen LogP contribution in [0.2, 0.25) is 0 Å². The van der Waals surface area contributed by atoms with Crippen LogP contribution in [0.3, 0.4) is 0 Å². The lowest BCUT2D eigenvalue weighted by atomic mass is 9.81. The zero-order chi connectivity index (χ0) is 20.8. The molecular weight excluding hydrogens is 372 g/mol. The highest BCUT2D eigenvalue weighted by Gasteiger charge is 2.34. The fourth-order valence-electron chi connectivity index (χ4n) is 4.87. The first-order valence-corrected chi connectivity index (χ1v) is 11.3. The van der Waals surface area contributed by atoms with Gasteiger partial charge < -0.3 is 11.1 Å². The van der Waals surface area contributed by atoms with E-state index in [1.807, 2.05) is 12.1 Å². The van der Waals surface area contributed by atoms with E-state index in [9.17, 15) is 4.79 Å². The molecule has 1 aliphatic carbocycles. The molecule has 0 aromatic heterocycles. The predicted molar refractivity (Wildman–Crippen MR) is 120 cm³/mol. The number of carbonyl (C=O) groups excluding carboxylic acids is 1. The van der Waals surface area contributed by atoms with E-state index in [2.05, 4.69) is 64.7 Å².